The number of fused-ring (bicyclic) bond motifs is 1. The zero-order valence-electron chi connectivity index (χ0n) is 13.5. The largest absolute Gasteiger partial charge is 0.357 e. The van der Waals surface area contributed by atoms with Gasteiger partial charge in [-0.2, -0.15) is 0 Å². The van der Waals surface area contributed by atoms with Gasteiger partial charge in [0.1, 0.15) is 4.83 Å². The molecule has 0 saturated carbocycles. The molecule has 6 heteroatoms. The smallest absolute Gasteiger partial charge is 0.261 e. The zero-order chi connectivity index (χ0) is 16.6. The molecule has 2 heterocycles. The third kappa shape index (κ3) is 2.77. The van der Waals surface area contributed by atoms with Gasteiger partial charge >= 0.3 is 0 Å². The van der Waals surface area contributed by atoms with Gasteiger partial charge in [-0.15, -0.1) is 11.3 Å². The summed E-state index contributed by atoms with van der Waals surface area (Å²) in [6.07, 6.45) is 0. The van der Waals surface area contributed by atoms with Gasteiger partial charge < -0.3 is 10.6 Å². The third-order valence-electron chi connectivity index (χ3n) is 3.85. The molecule has 2 N–H and O–H groups in total. The molecule has 0 spiro atoms. The minimum atomic E-state index is -0.106. The Balaban J connectivity index is 2.26. The van der Waals surface area contributed by atoms with Crippen molar-refractivity contribution in [2.24, 2.45) is 0 Å². The number of hydrogen-bond donors (Lipinski definition) is 2. The first-order valence-electron chi connectivity index (χ1n) is 7.32. The Morgan fingerprint density at radius 1 is 1.09 bits per heavy atom. The van der Waals surface area contributed by atoms with Gasteiger partial charge in [0.05, 0.1) is 10.6 Å². The third-order valence-corrected chi connectivity index (χ3v) is 4.88. The van der Waals surface area contributed by atoms with E-state index in [4.69, 9.17) is 0 Å². The number of carbonyl (C=O) groups excluding carboxylic acids is 1. The highest BCUT2D eigenvalue weighted by Gasteiger charge is 2.16. The van der Waals surface area contributed by atoms with Crippen LogP contribution in [-0.2, 0) is 0 Å². The SMILES string of the molecule is CNC(=O)c1cc2c(-c3ccc(C)c(C)c3)nc(NC)nc2s1. The molecule has 118 valence electrons. The highest BCUT2D eigenvalue weighted by molar-refractivity contribution is 7.20. The molecule has 0 unspecified atom stereocenters. The van der Waals surface area contributed by atoms with E-state index in [1.807, 2.05) is 6.07 Å². The summed E-state index contributed by atoms with van der Waals surface area (Å²) in [6.45, 7) is 4.17. The summed E-state index contributed by atoms with van der Waals surface area (Å²) in [4.78, 5) is 22.4. The Hall–Kier alpha value is -2.47. The summed E-state index contributed by atoms with van der Waals surface area (Å²) >= 11 is 1.37. The van der Waals surface area contributed by atoms with Crippen molar-refractivity contribution in [2.75, 3.05) is 19.4 Å². The number of nitrogens with one attached hydrogen (secondary N) is 2. The maximum Gasteiger partial charge on any atom is 0.261 e. The molecule has 1 aromatic carbocycles. The van der Waals surface area contributed by atoms with Crippen LogP contribution in [0.1, 0.15) is 20.8 Å². The number of hydrogen-bond acceptors (Lipinski definition) is 5. The fourth-order valence-corrected chi connectivity index (χ4v) is 3.35. The first-order chi connectivity index (χ1) is 11.0. The van der Waals surface area contributed by atoms with Gasteiger partial charge in [0, 0.05) is 25.0 Å². The summed E-state index contributed by atoms with van der Waals surface area (Å²) in [5.41, 5.74) is 4.32. The molecule has 0 aliphatic carbocycles. The molecule has 0 radical (unpaired) electrons. The Kier molecular flexibility index (Phi) is 4.00. The molecule has 0 aliphatic heterocycles. The summed E-state index contributed by atoms with van der Waals surface area (Å²) in [5, 5.41) is 6.54. The van der Waals surface area contributed by atoms with Crippen molar-refractivity contribution in [1.82, 2.24) is 15.3 Å². The van der Waals surface area contributed by atoms with Crippen LogP contribution in [-0.4, -0.2) is 30.0 Å². The molecule has 3 aromatic rings. The van der Waals surface area contributed by atoms with Gasteiger partial charge in [0.2, 0.25) is 5.95 Å². The van der Waals surface area contributed by atoms with Crippen LogP contribution in [0.2, 0.25) is 0 Å². The van der Waals surface area contributed by atoms with Crippen LogP contribution < -0.4 is 10.6 Å². The first kappa shape index (κ1) is 15.4. The second-order valence-corrected chi connectivity index (χ2v) is 6.38. The fraction of sp³-hybridized carbons (Fsp3) is 0.235. The first-order valence-corrected chi connectivity index (χ1v) is 8.14. The number of rotatable bonds is 3. The predicted molar refractivity (Wildman–Crippen MR) is 95.3 cm³/mol. The molecular weight excluding hydrogens is 308 g/mol. The number of carbonyl (C=O) groups is 1. The van der Waals surface area contributed by atoms with Gasteiger partial charge in [-0.05, 0) is 37.1 Å². The Bertz CT molecular complexity index is 901. The second-order valence-electron chi connectivity index (χ2n) is 5.35. The van der Waals surface area contributed by atoms with E-state index in [2.05, 4.69) is 52.6 Å². The van der Waals surface area contributed by atoms with E-state index in [-0.39, 0.29) is 5.91 Å². The van der Waals surface area contributed by atoms with Crippen LogP contribution >= 0.6 is 11.3 Å². The van der Waals surface area contributed by atoms with Gasteiger partial charge in [-0.3, -0.25) is 4.79 Å². The number of nitrogens with zero attached hydrogens (tertiary/aromatic N) is 2. The summed E-state index contributed by atoms with van der Waals surface area (Å²) in [7, 11) is 3.42. The van der Waals surface area contributed by atoms with Crippen LogP contribution in [0, 0.1) is 13.8 Å². The van der Waals surface area contributed by atoms with E-state index in [1.165, 1.54) is 22.5 Å². The number of benzene rings is 1. The van der Waals surface area contributed by atoms with Crippen LogP contribution in [0.4, 0.5) is 5.95 Å². The second kappa shape index (κ2) is 5.96. The van der Waals surface area contributed by atoms with Crippen molar-refractivity contribution in [3.05, 3.63) is 40.3 Å². The standard InChI is InChI=1S/C17H18N4OS/c1-9-5-6-11(7-10(9)2)14-12-8-13(15(22)18-3)23-16(12)21-17(19-4)20-14/h5-8H,1-4H3,(H,18,22)(H,19,20,21). The number of thiophene rings is 1. The van der Waals surface area contributed by atoms with Crippen molar-refractivity contribution in [2.45, 2.75) is 13.8 Å². The van der Waals surface area contributed by atoms with Crippen LogP contribution in [0.15, 0.2) is 24.3 Å². The molecule has 0 bridgehead atoms. The minimum absolute atomic E-state index is 0.106. The van der Waals surface area contributed by atoms with E-state index < -0.39 is 0 Å². The van der Waals surface area contributed by atoms with Gasteiger partial charge in [-0.1, -0.05) is 12.1 Å². The summed E-state index contributed by atoms with van der Waals surface area (Å²) in [5.74, 6) is 0.445. The monoisotopic (exact) mass is 326 g/mol. The van der Waals surface area contributed by atoms with E-state index >= 15 is 0 Å². The molecule has 0 saturated heterocycles. The molecule has 23 heavy (non-hydrogen) atoms. The topological polar surface area (TPSA) is 66.9 Å². The van der Waals surface area contributed by atoms with Crippen molar-refractivity contribution >= 4 is 33.4 Å². The summed E-state index contributed by atoms with van der Waals surface area (Å²) < 4.78 is 0. The lowest BCUT2D eigenvalue weighted by molar-refractivity contribution is 0.0967. The molecule has 3 rings (SSSR count). The number of anilines is 1. The van der Waals surface area contributed by atoms with Crippen molar-refractivity contribution in [3.8, 4) is 11.3 Å². The molecule has 0 atom stereocenters. The summed E-state index contributed by atoms with van der Waals surface area (Å²) in [6, 6.07) is 8.13. The van der Waals surface area contributed by atoms with Crippen LogP contribution in [0.25, 0.3) is 21.5 Å². The normalized spacial score (nSPS) is 10.8. The van der Waals surface area contributed by atoms with Crippen LogP contribution in [0.3, 0.4) is 0 Å². The van der Waals surface area contributed by atoms with E-state index in [1.54, 1.807) is 14.1 Å². The van der Waals surface area contributed by atoms with E-state index in [0.717, 1.165) is 21.5 Å². The lowest BCUT2D eigenvalue weighted by atomic mass is 10.0. The van der Waals surface area contributed by atoms with Crippen molar-refractivity contribution in [1.29, 1.82) is 0 Å². The van der Waals surface area contributed by atoms with Crippen LogP contribution in [0.5, 0.6) is 0 Å². The van der Waals surface area contributed by atoms with Gasteiger partial charge in [0.25, 0.3) is 5.91 Å². The fourth-order valence-electron chi connectivity index (χ4n) is 2.38. The molecular formula is C17H18N4OS. The van der Waals surface area contributed by atoms with E-state index in [0.29, 0.717) is 10.8 Å². The number of amides is 1. The average molecular weight is 326 g/mol. The molecule has 0 aliphatic rings. The van der Waals surface area contributed by atoms with E-state index in [9.17, 15) is 4.79 Å². The minimum Gasteiger partial charge on any atom is -0.357 e. The Morgan fingerprint density at radius 2 is 1.87 bits per heavy atom. The van der Waals surface area contributed by atoms with Gasteiger partial charge in [-0.25, -0.2) is 9.97 Å². The quantitative estimate of drug-likeness (QED) is 0.774. The Morgan fingerprint density at radius 3 is 2.52 bits per heavy atom. The lowest BCUT2D eigenvalue weighted by Crippen LogP contribution is -2.15. The lowest BCUT2D eigenvalue weighted by Gasteiger charge is -2.08. The highest BCUT2D eigenvalue weighted by Crippen LogP contribution is 2.33. The van der Waals surface area contributed by atoms with Gasteiger partial charge in [0.15, 0.2) is 0 Å². The molecule has 5 nitrogen and oxygen atoms in total. The zero-order valence-corrected chi connectivity index (χ0v) is 14.3. The maximum absolute atomic E-state index is 11.9. The molecule has 1 amide bonds. The average Bonchev–Trinajstić information content (AvgIpc) is 2.99. The van der Waals surface area contributed by atoms with Crippen molar-refractivity contribution in [3.63, 3.8) is 0 Å². The highest BCUT2D eigenvalue weighted by atomic mass is 32.1. The Labute approximate surface area is 138 Å². The maximum atomic E-state index is 11.9. The van der Waals surface area contributed by atoms with Crippen molar-refractivity contribution < 1.29 is 4.79 Å². The molecule has 0 fully saturated rings. The number of aryl methyl sites for hydroxylation is 2. The predicted octanol–water partition coefficient (Wildman–Crippen LogP) is 3.38. The molecule has 2 aromatic heterocycles. The number of aromatic nitrogens is 2.